The van der Waals surface area contributed by atoms with Crippen molar-refractivity contribution in [3.05, 3.63) is 29.6 Å². The molecule has 4 nitrogen and oxygen atoms in total. The first-order chi connectivity index (χ1) is 8.90. The molecule has 1 aromatic heterocycles. The third-order valence-corrected chi connectivity index (χ3v) is 3.34. The molecule has 2 heterocycles. The summed E-state index contributed by atoms with van der Waals surface area (Å²) in [7, 11) is 0. The third-order valence-electron chi connectivity index (χ3n) is 3.34. The van der Waals surface area contributed by atoms with Gasteiger partial charge in [0.05, 0.1) is 0 Å². The SMILES string of the molecule is N#Cc1ncccc1CNCCCN1CCCC1. The van der Waals surface area contributed by atoms with E-state index in [1.54, 1.807) is 6.20 Å². The molecule has 0 spiro atoms. The van der Waals surface area contributed by atoms with Crippen LogP contribution in [0.2, 0.25) is 0 Å². The Morgan fingerprint density at radius 2 is 2.22 bits per heavy atom. The van der Waals surface area contributed by atoms with Gasteiger partial charge in [-0.1, -0.05) is 6.07 Å². The van der Waals surface area contributed by atoms with Crippen LogP contribution < -0.4 is 5.32 Å². The first kappa shape index (κ1) is 13.0. The number of nitriles is 1. The number of rotatable bonds is 6. The van der Waals surface area contributed by atoms with E-state index < -0.39 is 0 Å². The fourth-order valence-electron chi connectivity index (χ4n) is 2.34. The molecule has 2 rings (SSSR count). The third kappa shape index (κ3) is 3.80. The van der Waals surface area contributed by atoms with Crippen molar-refractivity contribution in [2.24, 2.45) is 0 Å². The number of likely N-dealkylation sites (tertiary alicyclic amines) is 1. The van der Waals surface area contributed by atoms with Crippen molar-refractivity contribution in [3.63, 3.8) is 0 Å². The van der Waals surface area contributed by atoms with Crippen LogP contribution in [-0.2, 0) is 6.54 Å². The van der Waals surface area contributed by atoms with Gasteiger partial charge in [0.1, 0.15) is 11.8 Å². The predicted molar refractivity (Wildman–Crippen MR) is 70.9 cm³/mol. The first-order valence-electron chi connectivity index (χ1n) is 6.67. The Bertz CT molecular complexity index is 405. The molecule has 1 N–H and O–H groups in total. The smallest absolute Gasteiger partial charge is 0.144 e. The Hall–Kier alpha value is -1.44. The van der Waals surface area contributed by atoms with Gasteiger partial charge in [-0.2, -0.15) is 5.26 Å². The van der Waals surface area contributed by atoms with E-state index in [1.165, 1.54) is 38.9 Å². The molecule has 1 saturated heterocycles. The maximum Gasteiger partial charge on any atom is 0.144 e. The van der Waals surface area contributed by atoms with Gasteiger partial charge in [0.2, 0.25) is 0 Å². The second-order valence-electron chi connectivity index (χ2n) is 4.70. The Morgan fingerprint density at radius 1 is 1.39 bits per heavy atom. The molecule has 1 aliphatic rings. The van der Waals surface area contributed by atoms with E-state index in [2.05, 4.69) is 21.3 Å². The summed E-state index contributed by atoms with van der Waals surface area (Å²) in [5, 5.41) is 12.3. The summed E-state index contributed by atoms with van der Waals surface area (Å²) in [6.45, 7) is 5.44. The van der Waals surface area contributed by atoms with Gasteiger partial charge in [0, 0.05) is 18.3 Å². The van der Waals surface area contributed by atoms with Gasteiger partial charge in [0.25, 0.3) is 0 Å². The highest BCUT2D eigenvalue weighted by Gasteiger charge is 2.10. The molecule has 0 saturated carbocycles. The van der Waals surface area contributed by atoms with Gasteiger partial charge in [-0.05, 0) is 51.5 Å². The summed E-state index contributed by atoms with van der Waals surface area (Å²) in [5.41, 5.74) is 1.52. The number of nitrogens with one attached hydrogen (secondary N) is 1. The lowest BCUT2D eigenvalue weighted by molar-refractivity contribution is 0.331. The molecule has 0 radical (unpaired) electrons. The van der Waals surface area contributed by atoms with Crippen molar-refractivity contribution in [2.45, 2.75) is 25.8 Å². The largest absolute Gasteiger partial charge is 0.313 e. The van der Waals surface area contributed by atoms with Gasteiger partial charge in [-0.3, -0.25) is 0 Å². The number of pyridine rings is 1. The molecule has 0 atom stereocenters. The van der Waals surface area contributed by atoms with Crippen molar-refractivity contribution in [1.29, 1.82) is 5.26 Å². The van der Waals surface area contributed by atoms with Crippen LogP contribution in [0.1, 0.15) is 30.5 Å². The van der Waals surface area contributed by atoms with Crippen LogP contribution in [-0.4, -0.2) is 36.1 Å². The molecule has 4 heteroatoms. The van der Waals surface area contributed by atoms with E-state index >= 15 is 0 Å². The fourth-order valence-corrected chi connectivity index (χ4v) is 2.34. The summed E-state index contributed by atoms with van der Waals surface area (Å²) in [5.74, 6) is 0. The zero-order chi connectivity index (χ0) is 12.6. The zero-order valence-corrected chi connectivity index (χ0v) is 10.7. The second-order valence-corrected chi connectivity index (χ2v) is 4.70. The van der Waals surface area contributed by atoms with Crippen molar-refractivity contribution >= 4 is 0 Å². The van der Waals surface area contributed by atoms with Gasteiger partial charge < -0.3 is 10.2 Å². The maximum absolute atomic E-state index is 8.92. The van der Waals surface area contributed by atoms with Crippen molar-refractivity contribution in [2.75, 3.05) is 26.2 Å². The molecule has 0 amide bonds. The minimum atomic E-state index is 0.532. The first-order valence-corrected chi connectivity index (χ1v) is 6.67. The molecule has 0 aliphatic carbocycles. The molecule has 0 bridgehead atoms. The molecule has 0 aromatic carbocycles. The van der Waals surface area contributed by atoms with E-state index in [9.17, 15) is 0 Å². The molecular formula is C14H20N4. The van der Waals surface area contributed by atoms with Crippen LogP contribution in [0.15, 0.2) is 18.3 Å². The van der Waals surface area contributed by atoms with Crippen molar-refractivity contribution in [3.8, 4) is 6.07 Å². The lowest BCUT2D eigenvalue weighted by atomic mass is 10.2. The molecule has 96 valence electrons. The summed E-state index contributed by atoms with van der Waals surface area (Å²) in [6, 6.07) is 5.96. The van der Waals surface area contributed by atoms with Crippen molar-refractivity contribution in [1.82, 2.24) is 15.2 Å². The van der Waals surface area contributed by atoms with E-state index in [-0.39, 0.29) is 0 Å². The van der Waals surface area contributed by atoms with Crippen molar-refractivity contribution < 1.29 is 0 Å². The Labute approximate surface area is 109 Å². The maximum atomic E-state index is 8.92. The van der Waals surface area contributed by atoms with Crippen LogP contribution >= 0.6 is 0 Å². The quantitative estimate of drug-likeness (QED) is 0.771. The monoisotopic (exact) mass is 244 g/mol. The fraction of sp³-hybridized carbons (Fsp3) is 0.571. The second kappa shape index (κ2) is 7.10. The highest BCUT2D eigenvalue weighted by molar-refractivity contribution is 5.30. The Balaban J connectivity index is 1.64. The minimum absolute atomic E-state index is 0.532. The summed E-state index contributed by atoms with van der Waals surface area (Å²) >= 11 is 0. The lowest BCUT2D eigenvalue weighted by Crippen LogP contribution is -2.24. The number of hydrogen-bond acceptors (Lipinski definition) is 4. The van der Waals surface area contributed by atoms with Gasteiger partial charge in [0.15, 0.2) is 0 Å². The van der Waals surface area contributed by atoms with Crippen LogP contribution in [0.4, 0.5) is 0 Å². The van der Waals surface area contributed by atoms with Crippen LogP contribution in [0.25, 0.3) is 0 Å². The average molecular weight is 244 g/mol. The molecule has 0 unspecified atom stereocenters. The molecule has 18 heavy (non-hydrogen) atoms. The number of hydrogen-bond donors (Lipinski definition) is 1. The summed E-state index contributed by atoms with van der Waals surface area (Å²) in [4.78, 5) is 6.57. The molecule has 1 aliphatic heterocycles. The zero-order valence-electron chi connectivity index (χ0n) is 10.7. The average Bonchev–Trinajstić information content (AvgIpc) is 2.92. The Morgan fingerprint density at radius 3 is 3.00 bits per heavy atom. The van der Waals surface area contributed by atoms with E-state index in [4.69, 9.17) is 5.26 Å². The standard InChI is InChI=1S/C14H20N4/c15-11-14-13(5-3-7-17-14)12-16-6-4-10-18-8-1-2-9-18/h3,5,7,16H,1-2,4,6,8-10,12H2. The van der Waals surface area contributed by atoms with Gasteiger partial charge in [-0.25, -0.2) is 4.98 Å². The molecule has 1 aromatic rings. The van der Waals surface area contributed by atoms with Gasteiger partial charge >= 0.3 is 0 Å². The van der Waals surface area contributed by atoms with Gasteiger partial charge in [-0.15, -0.1) is 0 Å². The van der Waals surface area contributed by atoms with Crippen LogP contribution in [0, 0.1) is 11.3 Å². The van der Waals surface area contributed by atoms with E-state index in [0.29, 0.717) is 5.69 Å². The lowest BCUT2D eigenvalue weighted by Gasteiger charge is -2.14. The highest BCUT2D eigenvalue weighted by atomic mass is 15.1. The van der Waals surface area contributed by atoms with E-state index in [0.717, 1.165) is 18.7 Å². The normalized spacial score (nSPS) is 15.7. The number of nitrogens with zero attached hydrogens (tertiary/aromatic N) is 3. The summed E-state index contributed by atoms with van der Waals surface area (Å²) < 4.78 is 0. The number of aromatic nitrogens is 1. The van der Waals surface area contributed by atoms with Crippen LogP contribution in [0.3, 0.4) is 0 Å². The van der Waals surface area contributed by atoms with E-state index in [1.807, 2.05) is 12.1 Å². The minimum Gasteiger partial charge on any atom is -0.313 e. The molecule has 1 fully saturated rings. The topological polar surface area (TPSA) is 52.0 Å². The molecular weight excluding hydrogens is 224 g/mol. The predicted octanol–water partition coefficient (Wildman–Crippen LogP) is 1.53. The Kier molecular flexibility index (Phi) is 5.13. The summed E-state index contributed by atoms with van der Waals surface area (Å²) in [6.07, 6.45) is 5.54. The highest BCUT2D eigenvalue weighted by Crippen LogP contribution is 2.07. The van der Waals surface area contributed by atoms with Crippen LogP contribution in [0.5, 0.6) is 0 Å².